The molecule has 4 N–H and O–H groups in total. The van der Waals surface area contributed by atoms with E-state index in [2.05, 4.69) is 4.99 Å². The average molecular weight is 212 g/mol. The van der Waals surface area contributed by atoms with Crippen molar-refractivity contribution in [3.63, 3.8) is 0 Å². The van der Waals surface area contributed by atoms with Crippen molar-refractivity contribution in [1.82, 2.24) is 4.90 Å². The molecule has 0 saturated carbocycles. The molecule has 1 aliphatic heterocycles. The molecule has 0 aliphatic carbocycles. The van der Waals surface area contributed by atoms with Crippen LogP contribution in [-0.4, -0.2) is 34.8 Å². The molecule has 0 radical (unpaired) electrons. The first-order valence-electron chi connectivity index (χ1n) is 4.86. The van der Waals surface area contributed by atoms with Gasteiger partial charge in [-0.25, -0.2) is 4.99 Å². The van der Waals surface area contributed by atoms with Gasteiger partial charge in [0.15, 0.2) is 11.5 Å². The Labute approximate surface area is 88.3 Å². The Morgan fingerprint density at radius 1 is 1.60 bits per heavy atom. The Kier molecular flexibility index (Phi) is 2.97. The van der Waals surface area contributed by atoms with Crippen LogP contribution in [0.5, 0.6) is 0 Å². The smallest absolute Gasteiger partial charge is 0.259 e. The first-order chi connectivity index (χ1) is 6.93. The van der Waals surface area contributed by atoms with Crippen molar-refractivity contribution < 1.29 is 9.59 Å². The molecule has 1 atom stereocenters. The molecule has 0 aromatic heterocycles. The van der Waals surface area contributed by atoms with Gasteiger partial charge in [-0.3, -0.25) is 14.5 Å². The van der Waals surface area contributed by atoms with Crippen LogP contribution < -0.4 is 11.5 Å². The van der Waals surface area contributed by atoms with Crippen molar-refractivity contribution in [2.45, 2.75) is 32.2 Å². The number of rotatable bonds is 3. The highest BCUT2D eigenvalue weighted by Gasteiger charge is 2.53. The zero-order valence-corrected chi connectivity index (χ0v) is 8.99. The van der Waals surface area contributed by atoms with E-state index >= 15 is 0 Å². The SMILES string of the molecule is CCCC1(N=C(N)N)CN(C(C)=O)C1=O. The summed E-state index contributed by atoms with van der Waals surface area (Å²) in [6, 6.07) is 0. The minimum Gasteiger partial charge on any atom is -0.370 e. The molecule has 6 heteroatoms. The van der Waals surface area contributed by atoms with Crippen LogP contribution in [-0.2, 0) is 9.59 Å². The minimum absolute atomic E-state index is 0.111. The lowest BCUT2D eigenvalue weighted by atomic mass is 9.84. The third-order valence-corrected chi connectivity index (χ3v) is 2.45. The maximum atomic E-state index is 11.7. The maximum Gasteiger partial charge on any atom is 0.259 e. The summed E-state index contributed by atoms with van der Waals surface area (Å²) in [4.78, 5) is 27.8. The number of carbonyl (C=O) groups is 2. The maximum absolute atomic E-state index is 11.7. The van der Waals surface area contributed by atoms with E-state index in [9.17, 15) is 9.59 Å². The van der Waals surface area contributed by atoms with E-state index in [1.165, 1.54) is 6.92 Å². The summed E-state index contributed by atoms with van der Waals surface area (Å²) in [6.07, 6.45) is 1.35. The summed E-state index contributed by atoms with van der Waals surface area (Å²) in [7, 11) is 0. The number of hydrogen-bond acceptors (Lipinski definition) is 3. The Morgan fingerprint density at radius 2 is 2.20 bits per heavy atom. The van der Waals surface area contributed by atoms with Crippen LogP contribution in [0.25, 0.3) is 0 Å². The molecule has 1 fully saturated rings. The van der Waals surface area contributed by atoms with Gasteiger partial charge < -0.3 is 11.5 Å². The summed E-state index contributed by atoms with van der Waals surface area (Å²) in [6.45, 7) is 3.57. The van der Waals surface area contributed by atoms with Crippen LogP contribution in [0.3, 0.4) is 0 Å². The normalized spacial score (nSPS) is 24.7. The number of imide groups is 1. The zero-order chi connectivity index (χ0) is 11.6. The lowest BCUT2D eigenvalue weighted by Crippen LogP contribution is -2.67. The lowest BCUT2D eigenvalue weighted by molar-refractivity contribution is -0.159. The fourth-order valence-electron chi connectivity index (χ4n) is 1.80. The third kappa shape index (κ3) is 1.93. The summed E-state index contributed by atoms with van der Waals surface area (Å²) in [5.74, 6) is -0.678. The van der Waals surface area contributed by atoms with E-state index in [1.807, 2.05) is 6.92 Å². The Morgan fingerprint density at radius 3 is 2.53 bits per heavy atom. The lowest BCUT2D eigenvalue weighted by Gasteiger charge is -2.44. The molecule has 6 nitrogen and oxygen atoms in total. The van der Waals surface area contributed by atoms with Gasteiger partial charge in [0.1, 0.15) is 0 Å². The van der Waals surface area contributed by atoms with Gasteiger partial charge in [-0.1, -0.05) is 13.3 Å². The van der Waals surface area contributed by atoms with E-state index < -0.39 is 5.54 Å². The van der Waals surface area contributed by atoms with Gasteiger partial charge in [-0.05, 0) is 6.42 Å². The number of carbonyl (C=O) groups excluding carboxylic acids is 2. The first kappa shape index (κ1) is 11.5. The molecular weight excluding hydrogens is 196 g/mol. The first-order valence-corrected chi connectivity index (χ1v) is 4.86. The number of β-lactam (4-membered cyclic amide) rings is 1. The molecule has 0 aromatic carbocycles. The molecular formula is C9H16N4O2. The molecule has 2 amide bonds. The molecule has 1 saturated heterocycles. The van der Waals surface area contributed by atoms with Gasteiger partial charge >= 0.3 is 0 Å². The van der Waals surface area contributed by atoms with Crippen molar-refractivity contribution >= 4 is 17.8 Å². The fourth-order valence-corrected chi connectivity index (χ4v) is 1.80. The summed E-state index contributed by atoms with van der Waals surface area (Å²) >= 11 is 0. The Balaban J connectivity index is 2.86. The number of nitrogens with zero attached hydrogens (tertiary/aromatic N) is 2. The van der Waals surface area contributed by atoms with Gasteiger partial charge in [-0.15, -0.1) is 0 Å². The second-order valence-corrected chi connectivity index (χ2v) is 3.73. The molecule has 1 aliphatic rings. The van der Waals surface area contributed by atoms with E-state index in [4.69, 9.17) is 11.5 Å². The van der Waals surface area contributed by atoms with Gasteiger partial charge in [-0.2, -0.15) is 0 Å². The second kappa shape index (κ2) is 3.88. The van der Waals surface area contributed by atoms with Crippen molar-refractivity contribution in [3.05, 3.63) is 0 Å². The predicted octanol–water partition coefficient (Wildman–Crippen LogP) is -0.813. The van der Waals surface area contributed by atoms with Crippen molar-refractivity contribution in [3.8, 4) is 0 Å². The Hall–Kier alpha value is -1.59. The standard InChI is InChI=1S/C9H16N4O2/c1-3-4-9(12-8(10)11)5-13(6(2)14)7(9)15/h3-5H2,1-2H3,(H4,10,11,12). The number of amides is 2. The quantitative estimate of drug-likeness (QED) is 0.363. The number of aliphatic imine (C=N–C) groups is 1. The minimum atomic E-state index is -0.890. The van der Waals surface area contributed by atoms with Gasteiger partial charge in [0, 0.05) is 6.92 Å². The van der Waals surface area contributed by atoms with E-state index in [1.54, 1.807) is 0 Å². The van der Waals surface area contributed by atoms with Crippen LogP contribution in [0.4, 0.5) is 0 Å². The van der Waals surface area contributed by atoms with Crippen LogP contribution >= 0.6 is 0 Å². The highest BCUT2D eigenvalue weighted by Crippen LogP contribution is 2.31. The average Bonchev–Trinajstić information content (AvgIpc) is 2.12. The monoisotopic (exact) mass is 212 g/mol. The number of nitrogens with two attached hydrogens (primary N) is 2. The molecule has 0 bridgehead atoms. The highest BCUT2D eigenvalue weighted by atomic mass is 16.2. The van der Waals surface area contributed by atoms with Crippen LogP contribution in [0.15, 0.2) is 4.99 Å². The molecule has 1 unspecified atom stereocenters. The molecule has 1 heterocycles. The van der Waals surface area contributed by atoms with Crippen molar-refractivity contribution in [2.75, 3.05) is 6.54 Å². The van der Waals surface area contributed by atoms with Crippen molar-refractivity contribution in [1.29, 1.82) is 0 Å². The number of likely N-dealkylation sites (tertiary alicyclic amines) is 1. The van der Waals surface area contributed by atoms with E-state index in [-0.39, 0.29) is 24.3 Å². The van der Waals surface area contributed by atoms with Gasteiger partial charge in [0.05, 0.1) is 6.54 Å². The van der Waals surface area contributed by atoms with Crippen molar-refractivity contribution in [2.24, 2.45) is 16.5 Å². The van der Waals surface area contributed by atoms with Gasteiger partial charge in [0.2, 0.25) is 5.91 Å². The summed E-state index contributed by atoms with van der Waals surface area (Å²) < 4.78 is 0. The second-order valence-electron chi connectivity index (χ2n) is 3.73. The summed E-state index contributed by atoms with van der Waals surface area (Å²) in [5.41, 5.74) is 9.66. The van der Waals surface area contributed by atoms with Crippen LogP contribution in [0, 0.1) is 0 Å². The molecule has 0 aromatic rings. The van der Waals surface area contributed by atoms with Crippen LogP contribution in [0.1, 0.15) is 26.7 Å². The van der Waals surface area contributed by atoms with E-state index in [0.717, 1.165) is 11.3 Å². The Bertz CT molecular complexity index is 322. The van der Waals surface area contributed by atoms with Crippen LogP contribution in [0.2, 0.25) is 0 Å². The van der Waals surface area contributed by atoms with E-state index in [0.29, 0.717) is 6.42 Å². The largest absolute Gasteiger partial charge is 0.370 e. The van der Waals surface area contributed by atoms with Gasteiger partial charge in [0.25, 0.3) is 5.91 Å². The highest BCUT2D eigenvalue weighted by molar-refractivity contribution is 6.06. The number of guanidine groups is 1. The zero-order valence-electron chi connectivity index (χ0n) is 8.99. The molecule has 1 rings (SSSR count). The molecule has 0 spiro atoms. The summed E-state index contributed by atoms with van der Waals surface area (Å²) in [5, 5.41) is 0. The molecule has 84 valence electrons. The topological polar surface area (TPSA) is 102 Å². The predicted molar refractivity (Wildman–Crippen MR) is 55.8 cm³/mol. The fraction of sp³-hybridized carbons (Fsp3) is 0.667. The molecule has 15 heavy (non-hydrogen) atoms. The number of hydrogen-bond donors (Lipinski definition) is 2. The third-order valence-electron chi connectivity index (χ3n) is 2.45.